The van der Waals surface area contributed by atoms with E-state index in [0.717, 1.165) is 12.1 Å². The minimum absolute atomic E-state index is 0.374. The van der Waals surface area contributed by atoms with Crippen LogP contribution < -0.4 is 0 Å². The van der Waals surface area contributed by atoms with Crippen molar-refractivity contribution in [2.75, 3.05) is 40.3 Å². The molecule has 0 radical (unpaired) electrons. The monoisotopic (exact) mass is 255 g/mol. The summed E-state index contributed by atoms with van der Waals surface area (Å²) < 4.78 is 0. The van der Waals surface area contributed by atoms with Gasteiger partial charge in [0.15, 0.2) is 5.78 Å². The van der Waals surface area contributed by atoms with Gasteiger partial charge in [0.25, 0.3) is 0 Å². The first kappa shape index (κ1) is 15.6. The molecule has 2 fully saturated rings. The third-order valence-corrected chi connectivity index (χ3v) is 3.84. The highest BCUT2D eigenvalue weighted by molar-refractivity contribution is 5.87. The second kappa shape index (κ2) is 6.64. The van der Waals surface area contributed by atoms with E-state index in [1.165, 1.54) is 13.1 Å². The van der Waals surface area contributed by atoms with E-state index in [2.05, 4.69) is 56.5 Å². The summed E-state index contributed by atoms with van der Waals surface area (Å²) in [6, 6.07) is 2.09. The van der Waals surface area contributed by atoms with Crippen molar-refractivity contribution in [3.63, 3.8) is 0 Å². The number of rotatable bonds is 3. The molecule has 0 aromatic heterocycles. The summed E-state index contributed by atoms with van der Waals surface area (Å²) in [4.78, 5) is 17.3. The average Bonchev–Trinajstić information content (AvgIpc) is 2.09. The van der Waals surface area contributed by atoms with E-state index >= 15 is 0 Å². The molecule has 0 aromatic carbocycles. The van der Waals surface area contributed by atoms with Crippen molar-refractivity contribution in [3.8, 4) is 0 Å². The molecular weight excluding hydrogens is 226 g/mol. The number of likely N-dealkylation sites (N-methyl/N-ethyl adjacent to an activating group) is 1. The Hall–Kier alpha value is -0.450. The lowest BCUT2D eigenvalue weighted by Crippen LogP contribution is -2.59. The summed E-state index contributed by atoms with van der Waals surface area (Å²) in [5, 5.41) is 0. The third-order valence-electron chi connectivity index (χ3n) is 3.84. The van der Waals surface area contributed by atoms with E-state index in [1.807, 2.05) is 0 Å². The largest absolute Gasteiger partial charge is 0.304 e. The molecule has 18 heavy (non-hydrogen) atoms. The summed E-state index contributed by atoms with van der Waals surface area (Å²) in [6.07, 6.45) is 0. The summed E-state index contributed by atoms with van der Waals surface area (Å²) in [7, 11) is 4.31. The van der Waals surface area contributed by atoms with Crippen LogP contribution in [0, 0.1) is 0 Å². The van der Waals surface area contributed by atoms with Crippen molar-refractivity contribution in [2.24, 2.45) is 0 Å². The molecule has 0 bridgehead atoms. The van der Waals surface area contributed by atoms with Gasteiger partial charge in [0.05, 0.1) is 13.1 Å². The van der Waals surface area contributed by atoms with Gasteiger partial charge in [0, 0.05) is 31.2 Å². The Labute approximate surface area is 112 Å². The van der Waals surface area contributed by atoms with Crippen molar-refractivity contribution in [1.82, 2.24) is 14.7 Å². The molecular formula is C14H29N3O. The Morgan fingerprint density at radius 1 is 1.00 bits per heavy atom. The van der Waals surface area contributed by atoms with Gasteiger partial charge in [-0.25, -0.2) is 0 Å². The molecule has 4 heteroatoms. The second-order valence-corrected chi connectivity index (χ2v) is 6.20. The van der Waals surface area contributed by atoms with E-state index in [-0.39, 0.29) is 0 Å². The Kier molecular flexibility index (Phi) is 5.76. The van der Waals surface area contributed by atoms with E-state index in [4.69, 9.17) is 0 Å². The van der Waals surface area contributed by atoms with Gasteiger partial charge < -0.3 is 4.90 Å². The van der Waals surface area contributed by atoms with E-state index < -0.39 is 0 Å². The van der Waals surface area contributed by atoms with Gasteiger partial charge in [0.1, 0.15) is 0 Å². The molecule has 0 amide bonds. The van der Waals surface area contributed by atoms with Crippen molar-refractivity contribution >= 4 is 5.78 Å². The lowest BCUT2D eigenvalue weighted by atomic mass is 10.1. The number of ketones is 1. The first-order valence-electron chi connectivity index (χ1n) is 6.97. The van der Waals surface area contributed by atoms with Crippen LogP contribution >= 0.6 is 0 Å². The van der Waals surface area contributed by atoms with Gasteiger partial charge in [0.2, 0.25) is 0 Å². The number of hydrogen-bond acceptors (Lipinski definition) is 4. The Balaban J connectivity index is 0.000000184. The summed E-state index contributed by atoms with van der Waals surface area (Å²) in [5.74, 6) is 0.374. The lowest BCUT2D eigenvalue weighted by Gasteiger charge is -2.45. The fraction of sp³-hybridized carbons (Fsp3) is 0.929. The molecule has 0 N–H and O–H groups in total. The van der Waals surface area contributed by atoms with E-state index in [9.17, 15) is 4.79 Å². The average molecular weight is 255 g/mol. The molecule has 2 saturated heterocycles. The molecule has 0 aromatic rings. The normalized spacial score (nSPS) is 21.9. The number of likely N-dealkylation sites (tertiary alicyclic amines) is 2. The van der Waals surface area contributed by atoms with Crippen LogP contribution in [0.25, 0.3) is 0 Å². The topological polar surface area (TPSA) is 26.8 Å². The van der Waals surface area contributed by atoms with Crippen LogP contribution in [0.4, 0.5) is 0 Å². The van der Waals surface area contributed by atoms with Crippen LogP contribution in [0.1, 0.15) is 27.7 Å². The SMILES string of the molecule is CC(C)N1CC(=O)C1.CC(C)N1CC(N(C)C)C1. The zero-order chi connectivity index (χ0) is 13.9. The molecule has 0 saturated carbocycles. The van der Waals surface area contributed by atoms with Crippen LogP contribution in [0.3, 0.4) is 0 Å². The van der Waals surface area contributed by atoms with Crippen molar-refractivity contribution < 1.29 is 4.79 Å². The highest BCUT2D eigenvalue weighted by Crippen LogP contribution is 2.14. The highest BCUT2D eigenvalue weighted by Gasteiger charge is 2.29. The standard InChI is InChI=1S/C8H18N2.C6H11NO/c1-7(2)10-5-8(6-10)9(3)4;1-5(2)7-3-6(8)4-7/h7-8H,5-6H2,1-4H3;5H,3-4H2,1-2H3. The molecule has 0 unspecified atom stereocenters. The Morgan fingerprint density at radius 2 is 1.44 bits per heavy atom. The number of Topliss-reactive ketones (excluding diaryl/α,β-unsaturated/α-hetero) is 1. The van der Waals surface area contributed by atoms with Gasteiger partial charge >= 0.3 is 0 Å². The third kappa shape index (κ3) is 4.34. The maximum Gasteiger partial charge on any atom is 0.160 e. The smallest absolute Gasteiger partial charge is 0.160 e. The Morgan fingerprint density at radius 3 is 1.67 bits per heavy atom. The highest BCUT2D eigenvalue weighted by atomic mass is 16.1. The molecule has 2 rings (SSSR count). The quantitative estimate of drug-likeness (QED) is 0.749. The zero-order valence-corrected chi connectivity index (χ0v) is 12.8. The number of hydrogen-bond donors (Lipinski definition) is 0. The molecule has 2 heterocycles. The summed E-state index contributed by atoms with van der Waals surface area (Å²) in [5.41, 5.74) is 0. The molecule has 0 spiro atoms. The summed E-state index contributed by atoms with van der Waals surface area (Å²) >= 11 is 0. The molecule has 4 nitrogen and oxygen atoms in total. The van der Waals surface area contributed by atoms with Crippen LogP contribution in [0.5, 0.6) is 0 Å². The molecule has 2 aliphatic rings. The van der Waals surface area contributed by atoms with Crippen LogP contribution in [-0.4, -0.2) is 78.9 Å². The fourth-order valence-corrected chi connectivity index (χ4v) is 2.01. The molecule has 0 atom stereocenters. The second-order valence-electron chi connectivity index (χ2n) is 6.20. The van der Waals surface area contributed by atoms with Gasteiger partial charge in [-0.05, 0) is 41.8 Å². The predicted molar refractivity (Wildman–Crippen MR) is 75.9 cm³/mol. The van der Waals surface area contributed by atoms with Gasteiger partial charge in [-0.15, -0.1) is 0 Å². The van der Waals surface area contributed by atoms with Gasteiger partial charge in [-0.2, -0.15) is 0 Å². The first-order chi connectivity index (χ1) is 8.31. The van der Waals surface area contributed by atoms with Crippen molar-refractivity contribution in [3.05, 3.63) is 0 Å². The van der Waals surface area contributed by atoms with Crippen molar-refractivity contribution in [1.29, 1.82) is 0 Å². The minimum atomic E-state index is 0.374. The number of carbonyl (C=O) groups is 1. The number of nitrogens with zero attached hydrogens (tertiary/aromatic N) is 3. The first-order valence-corrected chi connectivity index (χ1v) is 6.97. The molecule has 2 aliphatic heterocycles. The number of carbonyl (C=O) groups excluding carboxylic acids is 1. The van der Waals surface area contributed by atoms with Crippen molar-refractivity contribution in [2.45, 2.75) is 45.8 Å². The summed E-state index contributed by atoms with van der Waals surface area (Å²) in [6.45, 7) is 12.6. The maximum absolute atomic E-state index is 10.4. The van der Waals surface area contributed by atoms with E-state index in [0.29, 0.717) is 24.9 Å². The predicted octanol–water partition coefficient (Wildman–Crippen LogP) is 0.920. The van der Waals surface area contributed by atoms with Crippen LogP contribution in [0.15, 0.2) is 0 Å². The van der Waals surface area contributed by atoms with Crippen LogP contribution in [0.2, 0.25) is 0 Å². The van der Waals surface area contributed by atoms with E-state index in [1.54, 1.807) is 0 Å². The Bertz CT molecular complexity index is 250. The maximum atomic E-state index is 10.4. The van der Waals surface area contributed by atoms with Gasteiger partial charge in [-0.3, -0.25) is 14.6 Å². The fourth-order valence-electron chi connectivity index (χ4n) is 2.01. The lowest BCUT2D eigenvalue weighted by molar-refractivity contribution is -0.130. The van der Waals surface area contributed by atoms with Gasteiger partial charge in [-0.1, -0.05) is 0 Å². The minimum Gasteiger partial charge on any atom is -0.304 e. The zero-order valence-electron chi connectivity index (χ0n) is 12.8. The van der Waals surface area contributed by atoms with Crippen LogP contribution in [-0.2, 0) is 4.79 Å². The molecule has 0 aliphatic carbocycles. The molecule has 106 valence electrons.